The molecule has 61 heavy (non-hydrogen) atoms. The van der Waals surface area contributed by atoms with Crippen LogP contribution in [0.3, 0.4) is 0 Å². The van der Waals surface area contributed by atoms with Gasteiger partial charge in [0.15, 0.2) is 0 Å². The molecule has 0 spiro atoms. The molecule has 1 nitrogen and oxygen atoms in total. The predicted molar refractivity (Wildman–Crippen MR) is 253 cm³/mol. The van der Waals surface area contributed by atoms with E-state index >= 15 is 0 Å². The third kappa shape index (κ3) is 5.08. The number of para-hydroxylation sites is 1. The van der Waals surface area contributed by atoms with Crippen molar-refractivity contribution in [3.05, 3.63) is 293 Å². The Morgan fingerprint density at radius 3 is 1.28 bits per heavy atom. The Kier molecular flexibility index (Phi) is 8.05. The second-order valence-electron chi connectivity index (χ2n) is 16.3. The maximum absolute atomic E-state index is 2.47. The number of rotatable bonds is 7. The van der Waals surface area contributed by atoms with Gasteiger partial charge in [0.05, 0.1) is 10.8 Å². The van der Waals surface area contributed by atoms with Crippen LogP contribution in [0.2, 0.25) is 0 Å². The summed E-state index contributed by atoms with van der Waals surface area (Å²) < 4.78 is 0. The van der Waals surface area contributed by atoms with Gasteiger partial charge in [-0.1, -0.05) is 212 Å². The van der Waals surface area contributed by atoms with Gasteiger partial charge in [-0.15, -0.1) is 0 Å². The molecule has 0 aromatic heterocycles. The zero-order valence-electron chi connectivity index (χ0n) is 33.6. The Bertz CT molecular complexity index is 3200. The molecule has 0 amide bonds. The van der Waals surface area contributed by atoms with Crippen molar-refractivity contribution >= 4 is 27.8 Å². The number of hydrogen-bond donors (Lipinski definition) is 0. The standard InChI is InChI=1S/C60H41N/c1-5-22-43(23-6-1)59(44-24-7-2-8-25-44)54-35-15-13-32-50(54)52-39-38-49(41-57(52)59)61(47-29-11-4-12-30-47)48-31-19-28-46(40-48)60(45-26-9-3-10-27-45)55-36-16-14-33-51(55)53-34-17-20-42-21-18-37-56(60)58(42)53/h1-41H. The minimum Gasteiger partial charge on any atom is -0.310 e. The normalized spacial score (nSPS) is 15.4. The molecule has 10 aromatic rings. The molecule has 2 aliphatic carbocycles. The largest absolute Gasteiger partial charge is 0.310 e. The Balaban J connectivity index is 1.13. The molecule has 12 rings (SSSR count). The van der Waals surface area contributed by atoms with E-state index < -0.39 is 10.8 Å². The number of nitrogens with zero attached hydrogens (tertiary/aromatic N) is 1. The van der Waals surface area contributed by atoms with E-state index in [1.54, 1.807) is 0 Å². The van der Waals surface area contributed by atoms with Crippen molar-refractivity contribution in [3.8, 4) is 22.3 Å². The summed E-state index contributed by atoms with van der Waals surface area (Å²) in [7, 11) is 0. The zero-order chi connectivity index (χ0) is 40.4. The topological polar surface area (TPSA) is 3.24 Å². The highest BCUT2D eigenvalue weighted by Gasteiger charge is 2.47. The third-order valence-corrected chi connectivity index (χ3v) is 13.4. The fraction of sp³-hybridized carbons (Fsp3) is 0.0333. The van der Waals surface area contributed by atoms with Crippen LogP contribution in [-0.4, -0.2) is 0 Å². The molecular weight excluding hydrogens is 735 g/mol. The van der Waals surface area contributed by atoms with Gasteiger partial charge in [-0.3, -0.25) is 0 Å². The summed E-state index contributed by atoms with van der Waals surface area (Å²) in [5, 5.41) is 2.57. The van der Waals surface area contributed by atoms with E-state index in [-0.39, 0.29) is 0 Å². The molecule has 0 N–H and O–H groups in total. The molecule has 286 valence electrons. The first-order chi connectivity index (χ1) is 30.3. The molecule has 10 aromatic carbocycles. The first-order valence-corrected chi connectivity index (χ1v) is 21.3. The van der Waals surface area contributed by atoms with E-state index in [4.69, 9.17) is 0 Å². The second-order valence-corrected chi connectivity index (χ2v) is 16.3. The summed E-state index contributed by atoms with van der Waals surface area (Å²) >= 11 is 0. The van der Waals surface area contributed by atoms with Gasteiger partial charge in [0.2, 0.25) is 0 Å². The van der Waals surface area contributed by atoms with Gasteiger partial charge in [-0.05, 0) is 114 Å². The summed E-state index contributed by atoms with van der Waals surface area (Å²) in [4.78, 5) is 2.45. The molecular formula is C60H41N. The molecule has 0 fully saturated rings. The molecule has 2 aliphatic rings. The van der Waals surface area contributed by atoms with Crippen LogP contribution in [0.5, 0.6) is 0 Å². The maximum atomic E-state index is 2.47. The highest BCUT2D eigenvalue weighted by molar-refractivity contribution is 6.05. The van der Waals surface area contributed by atoms with E-state index in [0.29, 0.717) is 0 Å². The van der Waals surface area contributed by atoms with Gasteiger partial charge in [0.1, 0.15) is 0 Å². The molecule has 0 saturated carbocycles. The predicted octanol–water partition coefficient (Wildman–Crippen LogP) is 15.0. The van der Waals surface area contributed by atoms with Gasteiger partial charge in [0.25, 0.3) is 0 Å². The first kappa shape index (κ1) is 35.2. The molecule has 1 heteroatoms. The quantitative estimate of drug-likeness (QED) is 0.156. The average molecular weight is 776 g/mol. The van der Waals surface area contributed by atoms with E-state index in [9.17, 15) is 0 Å². The lowest BCUT2D eigenvalue weighted by Gasteiger charge is -2.42. The molecule has 0 radical (unpaired) electrons. The highest BCUT2D eigenvalue weighted by atomic mass is 15.1. The molecule has 0 heterocycles. The fourth-order valence-electron chi connectivity index (χ4n) is 11.0. The van der Waals surface area contributed by atoms with Crippen molar-refractivity contribution in [2.24, 2.45) is 0 Å². The first-order valence-electron chi connectivity index (χ1n) is 21.3. The van der Waals surface area contributed by atoms with Crippen LogP contribution in [0.4, 0.5) is 17.1 Å². The van der Waals surface area contributed by atoms with E-state index in [1.807, 2.05) is 0 Å². The smallest absolute Gasteiger partial charge is 0.0714 e. The molecule has 1 unspecified atom stereocenters. The molecule has 0 aliphatic heterocycles. The lowest BCUT2D eigenvalue weighted by Crippen LogP contribution is -2.34. The van der Waals surface area contributed by atoms with E-state index in [2.05, 4.69) is 254 Å². The van der Waals surface area contributed by atoms with Gasteiger partial charge in [-0.2, -0.15) is 0 Å². The summed E-state index contributed by atoms with van der Waals surface area (Å²) in [6, 6.07) is 92.3. The third-order valence-electron chi connectivity index (χ3n) is 13.4. The number of anilines is 3. The van der Waals surface area contributed by atoms with Crippen molar-refractivity contribution in [2.75, 3.05) is 4.90 Å². The summed E-state index contributed by atoms with van der Waals surface area (Å²) in [6.45, 7) is 0. The Morgan fingerprint density at radius 2 is 0.656 bits per heavy atom. The summed E-state index contributed by atoms with van der Waals surface area (Å²) in [5.41, 5.74) is 17.5. The number of benzene rings is 10. The molecule has 1 atom stereocenters. The summed E-state index contributed by atoms with van der Waals surface area (Å²) in [6.07, 6.45) is 0. The summed E-state index contributed by atoms with van der Waals surface area (Å²) in [5.74, 6) is 0. The van der Waals surface area contributed by atoms with Gasteiger partial charge >= 0.3 is 0 Å². The molecule has 0 saturated heterocycles. The maximum Gasteiger partial charge on any atom is 0.0714 e. The monoisotopic (exact) mass is 775 g/mol. The van der Waals surface area contributed by atoms with Gasteiger partial charge in [0, 0.05) is 17.1 Å². The Morgan fingerprint density at radius 1 is 0.246 bits per heavy atom. The second kappa shape index (κ2) is 13.9. The highest BCUT2D eigenvalue weighted by Crippen LogP contribution is 2.58. The van der Waals surface area contributed by atoms with Crippen LogP contribution in [0.15, 0.2) is 249 Å². The van der Waals surface area contributed by atoms with Gasteiger partial charge in [-0.25, -0.2) is 0 Å². The van der Waals surface area contributed by atoms with E-state index in [1.165, 1.54) is 77.5 Å². The number of fused-ring (bicyclic) bond motifs is 5. The van der Waals surface area contributed by atoms with Crippen LogP contribution in [0.25, 0.3) is 33.0 Å². The van der Waals surface area contributed by atoms with Crippen LogP contribution >= 0.6 is 0 Å². The van der Waals surface area contributed by atoms with Crippen LogP contribution in [-0.2, 0) is 10.8 Å². The van der Waals surface area contributed by atoms with Crippen molar-refractivity contribution in [2.45, 2.75) is 10.8 Å². The average Bonchev–Trinajstić information content (AvgIpc) is 3.64. The SMILES string of the molecule is c1ccc(N(c2cccc(C3(c4ccccc4)c4ccccc4-c4cccc5cccc3c45)c2)c2ccc3c(c2)C(c2ccccc2)(c2ccccc2)c2ccccc2-3)cc1. The van der Waals surface area contributed by atoms with Gasteiger partial charge < -0.3 is 4.90 Å². The van der Waals surface area contributed by atoms with Crippen LogP contribution in [0, 0.1) is 0 Å². The van der Waals surface area contributed by atoms with Crippen molar-refractivity contribution in [1.29, 1.82) is 0 Å². The van der Waals surface area contributed by atoms with Crippen molar-refractivity contribution in [3.63, 3.8) is 0 Å². The lowest BCUT2D eigenvalue weighted by atomic mass is 9.59. The Labute approximate surface area is 357 Å². The fourth-order valence-corrected chi connectivity index (χ4v) is 11.0. The minimum absolute atomic E-state index is 0.510. The number of hydrogen-bond acceptors (Lipinski definition) is 1. The lowest BCUT2D eigenvalue weighted by molar-refractivity contribution is 0.750. The van der Waals surface area contributed by atoms with Crippen molar-refractivity contribution < 1.29 is 0 Å². The minimum atomic E-state index is -0.584. The van der Waals surface area contributed by atoms with Crippen LogP contribution < -0.4 is 4.90 Å². The molecule has 0 bridgehead atoms. The van der Waals surface area contributed by atoms with E-state index in [0.717, 1.165) is 17.1 Å². The van der Waals surface area contributed by atoms with Crippen molar-refractivity contribution in [1.82, 2.24) is 0 Å². The zero-order valence-corrected chi connectivity index (χ0v) is 33.6. The van der Waals surface area contributed by atoms with Crippen LogP contribution in [0.1, 0.15) is 44.5 Å². The Hall–Kier alpha value is -7.74.